The van der Waals surface area contributed by atoms with Crippen LogP contribution in [0.4, 0.5) is 10.5 Å². The zero-order valence-corrected chi connectivity index (χ0v) is 14.4. The maximum atomic E-state index is 12.4. The van der Waals surface area contributed by atoms with E-state index < -0.39 is 11.4 Å². The van der Waals surface area contributed by atoms with Gasteiger partial charge in [-0.1, -0.05) is 17.7 Å². The van der Waals surface area contributed by atoms with Gasteiger partial charge in [-0.15, -0.1) is 0 Å². The van der Waals surface area contributed by atoms with E-state index in [0.717, 1.165) is 25.2 Å². The lowest BCUT2D eigenvalue weighted by Gasteiger charge is -2.23. The molecule has 2 N–H and O–H groups in total. The number of amides is 2. The molecule has 3 rings (SSSR count). The summed E-state index contributed by atoms with van der Waals surface area (Å²) in [5.41, 5.74) is 0.221. The molecular weight excluding hydrogens is 330 g/mol. The zero-order chi connectivity index (χ0) is 17.3. The van der Waals surface area contributed by atoms with E-state index in [9.17, 15) is 14.7 Å². The predicted octanol–water partition coefficient (Wildman–Crippen LogP) is 2.42. The number of rotatable bonds is 3. The number of benzene rings is 1. The van der Waals surface area contributed by atoms with E-state index in [1.807, 2.05) is 24.3 Å². The molecule has 0 spiro atoms. The zero-order valence-electron chi connectivity index (χ0n) is 13.7. The standard InChI is InChI=1S/C17H22ClN3O3/c1-17(15(22)23)6-8-21(11-17)16(24)19-13-5-7-20(10-13)14-4-2-3-12(18)9-14/h2-4,9,13H,5-8,10-11H2,1H3,(H,19,24)(H,22,23). The smallest absolute Gasteiger partial charge is 0.317 e. The van der Waals surface area contributed by atoms with E-state index in [4.69, 9.17) is 11.6 Å². The van der Waals surface area contributed by atoms with Crippen LogP contribution in [0, 0.1) is 5.41 Å². The molecule has 1 aromatic carbocycles. The summed E-state index contributed by atoms with van der Waals surface area (Å²) in [6.45, 7) is 4.03. The Balaban J connectivity index is 1.54. The average molecular weight is 352 g/mol. The Hall–Kier alpha value is -1.95. The van der Waals surface area contributed by atoms with E-state index in [1.165, 1.54) is 0 Å². The summed E-state index contributed by atoms with van der Waals surface area (Å²) in [5, 5.41) is 13.0. The number of nitrogens with one attached hydrogen (secondary N) is 1. The lowest BCUT2D eigenvalue weighted by Crippen LogP contribution is -2.46. The highest BCUT2D eigenvalue weighted by molar-refractivity contribution is 6.30. The van der Waals surface area contributed by atoms with Gasteiger partial charge in [0.25, 0.3) is 0 Å². The van der Waals surface area contributed by atoms with Crippen molar-refractivity contribution in [2.75, 3.05) is 31.1 Å². The van der Waals surface area contributed by atoms with Crippen LogP contribution in [0.5, 0.6) is 0 Å². The van der Waals surface area contributed by atoms with Gasteiger partial charge in [0.1, 0.15) is 0 Å². The first kappa shape index (κ1) is 16.9. The first-order valence-corrected chi connectivity index (χ1v) is 8.54. The summed E-state index contributed by atoms with van der Waals surface area (Å²) in [4.78, 5) is 27.5. The topological polar surface area (TPSA) is 72.9 Å². The SMILES string of the molecule is CC1(C(=O)O)CCN(C(=O)NC2CCN(c3cccc(Cl)c3)C2)C1. The number of carbonyl (C=O) groups is 2. The molecule has 2 aliphatic heterocycles. The van der Waals surface area contributed by atoms with Crippen LogP contribution in [0.1, 0.15) is 19.8 Å². The molecule has 2 atom stereocenters. The highest BCUT2D eigenvalue weighted by Gasteiger charge is 2.42. The van der Waals surface area contributed by atoms with Crippen molar-refractivity contribution in [3.63, 3.8) is 0 Å². The van der Waals surface area contributed by atoms with Crippen LogP contribution in [-0.2, 0) is 4.79 Å². The van der Waals surface area contributed by atoms with Gasteiger partial charge in [-0.25, -0.2) is 4.79 Å². The number of carboxylic acids is 1. The number of hydrogen-bond acceptors (Lipinski definition) is 3. The minimum Gasteiger partial charge on any atom is -0.481 e. The normalized spacial score (nSPS) is 26.7. The lowest BCUT2D eigenvalue weighted by molar-refractivity contribution is -0.146. The van der Waals surface area contributed by atoms with Crippen LogP contribution in [0.15, 0.2) is 24.3 Å². The molecule has 0 aromatic heterocycles. The number of aliphatic carboxylic acids is 1. The highest BCUT2D eigenvalue weighted by Crippen LogP contribution is 2.30. The molecule has 2 amide bonds. The molecule has 2 saturated heterocycles. The molecule has 0 radical (unpaired) electrons. The molecule has 0 aliphatic carbocycles. The van der Waals surface area contributed by atoms with E-state index >= 15 is 0 Å². The summed E-state index contributed by atoms with van der Waals surface area (Å²) < 4.78 is 0. The van der Waals surface area contributed by atoms with Crippen LogP contribution in [0.2, 0.25) is 5.02 Å². The van der Waals surface area contributed by atoms with Gasteiger partial charge in [-0.3, -0.25) is 4.79 Å². The Morgan fingerprint density at radius 3 is 2.83 bits per heavy atom. The molecular formula is C17H22ClN3O3. The van der Waals surface area contributed by atoms with Gasteiger partial charge >= 0.3 is 12.0 Å². The Morgan fingerprint density at radius 1 is 1.38 bits per heavy atom. The second-order valence-electron chi connectivity index (χ2n) is 6.90. The van der Waals surface area contributed by atoms with Gasteiger partial charge in [-0.2, -0.15) is 0 Å². The summed E-state index contributed by atoms with van der Waals surface area (Å²) >= 11 is 6.03. The number of halogens is 1. The third-order valence-electron chi connectivity index (χ3n) is 4.97. The molecule has 130 valence electrons. The Bertz CT molecular complexity index is 654. The second-order valence-corrected chi connectivity index (χ2v) is 7.33. The predicted molar refractivity (Wildman–Crippen MR) is 92.5 cm³/mol. The van der Waals surface area contributed by atoms with Crippen LogP contribution in [0.3, 0.4) is 0 Å². The summed E-state index contributed by atoms with van der Waals surface area (Å²) in [6, 6.07) is 7.58. The molecule has 2 heterocycles. The molecule has 0 bridgehead atoms. The van der Waals surface area contributed by atoms with E-state index in [-0.39, 0.29) is 18.6 Å². The highest BCUT2D eigenvalue weighted by atomic mass is 35.5. The van der Waals surface area contributed by atoms with Crippen LogP contribution >= 0.6 is 11.6 Å². The van der Waals surface area contributed by atoms with Gasteiger partial charge in [0.15, 0.2) is 0 Å². The van der Waals surface area contributed by atoms with Gasteiger partial charge in [-0.05, 0) is 38.0 Å². The van der Waals surface area contributed by atoms with Gasteiger partial charge < -0.3 is 20.2 Å². The molecule has 2 fully saturated rings. The minimum absolute atomic E-state index is 0.0631. The largest absolute Gasteiger partial charge is 0.481 e. The van der Waals surface area contributed by atoms with Gasteiger partial charge in [0.2, 0.25) is 0 Å². The van der Waals surface area contributed by atoms with Gasteiger partial charge in [0.05, 0.1) is 5.41 Å². The fraction of sp³-hybridized carbons (Fsp3) is 0.529. The number of nitrogens with zero attached hydrogens (tertiary/aromatic N) is 2. The number of hydrogen-bond donors (Lipinski definition) is 2. The Labute approximate surface area is 146 Å². The summed E-state index contributed by atoms with van der Waals surface area (Å²) in [7, 11) is 0. The fourth-order valence-electron chi connectivity index (χ4n) is 3.36. The van der Waals surface area contributed by atoms with Crippen molar-refractivity contribution in [1.29, 1.82) is 0 Å². The monoisotopic (exact) mass is 351 g/mol. The maximum absolute atomic E-state index is 12.4. The van der Waals surface area contributed by atoms with Crippen molar-refractivity contribution in [1.82, 2.24) is 10.2 Å². The average Bonchev–Trinajstić information content (AvgIpc) is 3.15. The van der Waals surface area contributed by atoms with E-state index in [0.29, 0.717) is 18.0 Å². The van der Waals surface area contributed by atoms with Crippen molar-refractivity contribution in [3.05, 3.63) is 29.3 Å². The molecule has 24 heavy (non-hydrogen) atoms. The third kappa shape index (κ3) is 3.43. The first-order chi connectivity index (χ1) is 11.4. The lowest BCUT2D eigenvalue weighted by atomic mass is 9.90. The third-order valence-corrected chi connectivity index (χ3v) is 5.20. The number of carboxylic acid groups (broad SMARTS) is 1. The molecule has 6 nitrogen and oxygen atoms in total. The van der Waals surface area contributed by atoms with Crippen LogP contribution in [-0.4, -0.2) is 54.2 Å². The molecule has 1 aromatic rings. The Kier molecular flexibility index (Phi) is 4.58. The first-order valence-electron chi connectivity index (χ1n) is 8.17. The molecule has 2 aliphatic rings. The van der Waals surface area contributed by atoms with Crippen molar-refractivity contribution in [2.45, 2.75) is 25.8 Å². The number of carbonyl (C=O) groups excluding carboxylic acids is 1. The van der Waals surface area contributed by atoms with Crippen molar-refractivity contribution in [3.8, 4) is 0 Å². The minimum atomic E-state index is -0.842. The molecule has 2 unspecified atom stereocenters. The van der Waals surface area contributed by atoms with E-state index in [1.54, 1.807) is 11.8 Å². The van der Waals surface area contributed by atoms with E-state index in [2.05, 4.69) is 10.2 Å². The molecule has 0 saturated carbocycles. The summed E-state index contributed by atoms with van der Waals surface area (Å²) in [6.07, 6.45) is 1.36. The quantitative estimate of drug-likeness (QED) is 0.877. The van der Waals surface area contributed by atoms with Gasteiger partial charge in [0, 0.05) is 42.9 Å². The van der Waals surface area contributed by atoms with Crippen molar-refractivity contribution < 1.29 is 14.7 Å². The van der Waals surface area contributed by atoms with Crippen LogP contribution < -0.4 is 10.2 Å². The summed E-state index contributed by atoms with van der Waals surface area (Å²) in [5.74, 6) is -0.842. The number of likely N-dealkylation sites (tertiary alicyclic amines) is 1. The fourth-order valence-corrected chi connectivity index (χ4v) is 3.54. The van der Waals surface area contributed by atoms with Crippen molar-refractivity contribution in [2.24, 2.45) is 5.41 Å². The van der Waals surface area contributed by atoms with Crippen LogP contribution in [0.25, 0.3) is 0 Å². The molecule has 7 heteroatoms. The second kappa shape index (κ2) is 6.51. The maximum Gasteiger partial charge on any atom is 0.317 e. The number of anilines is 1. The Morgan fingerprint density at radius 2 is 2.17 bits per heavy atom. The number of urea groups is 1. The van der Waals surface area contributed by atoms with Crippen molar-refractivity contribution >= 4 is 29.3 Å².